The Hall–Kier alpha value is -2.09. The number of aromatic nitrogens is 2. The Bertz CT molecular complexity index is 1320. The highest BCUT2D eigenvalue weighted by Gasteiger charge is 2.25. The van der Waals surface area contributed by atoms with Crippen LogP contribution in [0.5, 0.6) is 5.75 Å². The summed E-state index contributed by atoms with van der Waals surface area (Å²) < 4.78 is 7.71. The molecule has 1 heterocycles. The molecule has 1 aromatic heterocycles. The highest BCUT2D eigenvalue weighted by molar-refractivity contribution is 7.98. The standard InChI is InChI=1S/C25H24Cl3N3O2S/c1-30(2)25-19(24(34-3)29-31(25)23-20(27)12-16(26)13-21(23)28)14-18-17-7-5-4-6-15(17)8-9-22(18)33-11-10-32/h4-9,12-13,32H,10-11,14H2,1-3H3. The Morgan fingerprint density at radius 3 is 2.38 bits per heavy atom. The largest absolute Gasteiger partial charge is 0.491 e. The topological polar surface area (TPSA) is 50.5 Å². The molecule has 178 valence electrons. The van der Waals surface area contributed by atoms with Crippen molar-refractivity contribution in [3.63, 3.8) is 0 Å². The normalized spacial score (nSPS) is 11.3. The molecule has 0 bridgehead atoms. The Morgan fingerprint density at radius 2 is 1.74 bits per heavy atom. The summed E-state index contributed by atoms with van der Waals surface area (Å²) in [5, 5.41) is 18.6. The molecule has 0 radical (unpaired) electrons. The molecule has 0 fully saturated rings. The highest BCUT2D eigenvalue weighted by Crippen LogP contribution is 2.40. The van der Waals surface area contributed by atoms with Gasteiger partial charge in [-0.05, 0) is 35.2 Å². The summed E-state index contributed by atoms with van der Waals surface area (Å²) in [5.74, 6) is 1.59. The first-order valence-corrected chi connectivity index (χ1v) is 12.9. The molecule has 9 heteroatoms. The fraction of sp³-hybridized carbons (Fsp3) is 0.240. The van der Waals surface area contributed by atoms with Gasteiger partial charge in [0.05, 0.1) is 16.7 Å². The zero-order valence-corrected chi connectivity index (χ0v) is 22.1. The number of halogens is 3. The predicted molar refractivity (Wildman–Crippen MR) is 144 cm³/mol. The number of anilines is 1. The number of aliphatic hydroxyl groups excluding tert-OH is 1. The number of rotatable bonds is 8. The molecular weight excluding hydrogens is 513 g/mol. The van der Waals surface area contributed by atoms with Crippen LogP contribution in [0.3, 0.4) is 0 Å². The van der Waals surface area contributed by atoms with Crippen LogP contribution in [0.2, 0.25) is 15.1 Å². The van der Waals surface area contributed by atoms with Gasteiger partial charge >= 0.3 is 0 Å². The number of ether oxygens (including phenoxy) is 1. The lowest BCUT2D eigenvalue weighted by Gasteiger charge is -2.20. The van der Waals surface area contributed by atoms with Crippen molar-refractivity contribution in [2.45, 2.75) is 11.4 Å². The number of fused-ring (bicyclic) bond motifs is 1. The minimum absolute atomic E-state index is 0.0588. The van der Waals surface area contributed by atoms with E-state index in [0.29, 0.717) is 27.2 Å². The van der Waals surface area contributed by atoms with E-state index in [1.807, 2.05) is 49.5 Å². The quantitative estimate of drug-likeness (QED) is 0.253. The number of hydrogen-bond acceptors (Lipinski definition) is 5. The average molecular weight is 537 g/mol. The minimum Gasteiger partial charge on any atom is -0.491 e. The lowest BCUT2D eigenvalue weighted by molar-refractivity contribution is 0.200. The molecule has 0 aliphatic rings. The van der Waals surface area contributed by atoms with Crippen LogP contribution >= 0.6 is 46.6 Å². The summed E-state index contributed by atoms with van der Waals surface area (Å²) in [6, 6.07) is 15.5. The molecule has 34 heavy (non-hydrogen) atoms. The fourth-order valence-electron chi connectivity index (χ4n) is 4.06. The van der Waals surface area contributed by atoms with E-state index in [1.165, 1.54) is 0 Å². The van der Waals surface area contributed by atoms with E-state index >= 15 is 0 Å². The SMILES string of the molecule is CSc1nn(-c2c(Cl)cc(Cl)cc2Cl)c(N(C)C)c1Cc1c(OCCO)ccc2ccccc12. The van der Waals surface area contributed by atoms with E-state index in [0.717, 1.165) is 38.5 Å². The summed E-state index contributed by atoms with van der Waals surface area (Å²) in [4.78, 5) is 2.00. The number of thioether (sulfide) groups is 1. The molecule has 1 N–H and O–H groups in total. The Labute approximate surface area is 218 Å². The van der Waals surface area contributed by atoms with Crippen LogP contribution in [0.15, 0.2) is 53.6 Å². The molecule has 4 aromatic rings. The van der Waals surface area contributed by atoms with Crippen LogP contribution in [-0.4, -0.2) is 48.5 Å². The van der Waals surface area contributed by atoms with Gasteiger partial charge in [0.15, 0.2) is 0 Å². The van der Waals surface area contributed by atoms with Crippen LogP contribution in [0.25, 0.3) is 16.5 Å². The maximum Gasteiger partial charge on any atom is 0.136 e. The lowest BCUT2D eigenvalue weighted by atomic mass is 9.98. The van der Waals surface area contributed by atoms with Crippen LogP contribution in [-0.2, 0) is 6.42 Å². The fourth-order valence-corrected chi connectivity index (χ4v) is 5.61. The van der Waals surface area contributed by atoms with E-state index in [1.54, 1.807) is 28.6 Å². The third-order valence-corrected chi connectivity index (χ3v) is 6.94. The molecule has 0 aliphatic carbocycles. The molecule has 4 rings (SSSR count). The van der Waals surface area contributed by atoms with E-state index in [9.17, 15) is 5.11 Å². The van der Waals surface area contributed by atoms with Crippen molar-refractivity contribution < 1.29 is 9.84 Å². The molecule has 0 amide bonds. The Kier molecular flexibility index (Phi) is 7.85. The molecule has 0 atom stereocenters. The van der Waals surface area contributed by atoms with Crippen LogP contribution in [0.4, 0.5) is 5.82 Å². The van der Waals surface area contributed by atoms with Gasteiger partial charge in [0, 0.05) is 36.7 Å². The molecule has 0 unspecified atom stereocenters. The third kappa shape index (κ3) is 4.83. The summed E-state index contributed by atoms with van der Waals surface area (Å²) >= 11 is 20.9. The lowest BCUT2D eigenvalue weighted by Crippen LogP contribution is -2.16. The average Bonchev–Trinajstić information content (AvgIpc) is 3.15. The first-order chi connectivity index (χ1) is 16.3. The van der Waals surface area contributed by atoms with Gasteiger partial charge in [-0.25, -0.2) is 4.68 Å². The predicted octanol–water partition coefficient (Wildman–Crippen LogP) is 6.74. The summed E-state index contributed by atoms with van der Waals surface area (Å²) in [6.45, 7) is 0.160. The van der Waals surface area contributed by atoms with Crippen LogP contribution in [0.1, 0.15) is 11.1 Å². The van der Waals surface area contributed by atoms with Gasteiger partial charge in [-0.2, -0.15) is 5.10 Å². The minimum atomic E-state index is -0.0588. The van der Waals surface area contributed by atoms with Crippen molar-refractivity contribution in [2.75, 3.05) is 38.5 Å². The van der Waals surface area contributed by atoms with Gasteiger partial charge in [-0.3, -0.25) is 0 Å². The first kappa shape index (κ1) is 25.0. The Morgan fingerprint density at radius 1 is 1.03 bits per heavy atom. The van der Waals surface area contributed by atoms with E-state index < -0.39 is 0 Å². The summed E-state index contributed by atoms with van der Waals surface area (Å²) in [7, 11) is 3.93. The molecule has 0 saturated carbocycles. The summed E-state index contributed by atoms with van der Waals surface area (Å²) in [5.41, 5.74) is 2.62. The second-order valence-corrected chi connectivity index (χ2v) is 9.89. The number of nitrogens with zero attached hydrogens (tertiary/aromatic N) is 3. The van der Waals surface area contributed by atoms with Gasteiger partial charge in [-0.1, -0.05) is 65.1 Å². The van der Waals surface area contributed by atoms with Gasteiger partial charge < -0.3 is 14.7 Å². The van der Waals surface area contributed by atoms with Crippen LogP contribution in [0, 0.1) is 0 Å². The maximum atomic E-state index is 9.34. The van der Waals surface area contributed by atoms with E-state index in [-0.39, 0.29) is 13.2 Å². The Balaban J connectivity index is 1.94. The van der Waals surface area contributed by atoms with Gasteiger partial charge in [-0.15, -0.1) is 11.8 Å². The number of hydrogen-bond donors (Lipinski definition) is 1. The van der Waals surface area contributed by atoms with Crippen molar-refractivity contribution in [1.82, 2.24) is 9.78 Å². The molecule has 3 aromatic carbocycles. The van der Waals surface area contributed by atoms with Crippen molar-refractivity contribution >= 4 is 63.2 Å². The molecule has 5 nitrogen and oxygen atoms in total. The number of benzene rings is 3. The van der Waals surface area contributed by atoms with Crippen molar-refractivity contribution in [3.8, 4) is 11.4 Å². The molecule has 0 saturated heterocycles. The van der Waals surface area contributed by atoms with Crippen molar-refractivity contribution in [2.24, 2.45) is 0 Å². The van der Waals surface area contributed by atoms with E-state index in [2.05, 4.69) is 12.1 Å². The first-order valence-electron chi connectivity index (χ1n) is 10.6. The smallest absolute Gasteiger partial charge is 0.136 e. The van der Waals surface area contributed by atoms with Crippen molar-refractivity contribution in [3.05, 3.63) is 74.7 Å². The van der Waals surface area contributed by atoms with Gasteiger partial charge in [0.1, 0.15) is 28.9 Å². The third-order valence-electron chi connectivity index (χ3n) is 5.43. The highest BCUT2D eigenvalue weighted by atomic mass is 35.5. The van der Waals surface area contributed by atoms with Crippen LogP contribution < -0.4 is 9.64 Å². The van der Waals surface area contributed by atoms with E-state index in [4.69, 9.17) is 44.6 Å². The molecule has 0 spiro atoms. The zero-order valence-electron chi connectivity index (χ0n) is 19.0. The zero-order chi connectivity index (χ0) is 24.4. The van der Waals surface area contributed by atoms with Gasteiger partial charge in [0.25, 0.3) is 0 Å². The second kappa shape index (κ2) is 10.7. The van der Waals surface area contributed by atoms with Gasteiger partial charge in [0.2, 0.25) is 0 Å². The summed E-state index contributed by atoms with van der Waals surface area (Å²) in [6.07, 6.45) is 2.56. The van der Waals surface area contributed by atoms with Crippen molar-refractivity contribution in [1.29, 1.82) is 0 Å². The molecule has 0 aliphatic heterocycles. The maximum absolute atomic E-state index is 9.34. The molecular formula is C25H24Cl3N3O2S. The number of aliphatic hydroxyl groups is 1. The monoisotopic (exact) mass is 535 g/mol. The second-order valence-electron chi connectivity index (χ2n) is 7.85.